The lowest BCUT2D eigenvalue weighted by molar-refractivity contribution is -0.137. The molecular weight excluding hydrogens is 279 g/mol. The lowest BCUT2D eigenvalue weighted by Gasteiger charge is -2.09. The standard InChI is InChI=1S/C15H18F3N3/c1-11(2)19-9-14-6-7-21(20-14)10-12-4-3-5-13(8-12)15(16,17)18/h3-8,11,19H,9-10H2,1-2H3. The molecule has 0 aliphatic heterocycles. The van der Waals surface area contributed by atoms with Crippen molar-refractivity contribution < 1.29 is 13.2 Å². The molecule has 114 valence electrons. The van der Waals surface area contributed by atoms with E-state index in [1.54, 1.807) is 16.9 Å². The van der Waals surface area contributed by atoms with Crippen molar-refractivity contribution in [2.24, 2.45) is 0 Å². The fourth-order valence-corrected chi connectivity index (χ4v) is 1.93. The molecule has 0 spiro atoms. The zero-order valence-corrected chi connectivity index (χ0v) is 12.0. The highest BCUT2D eigenvalue weighted by molar-refractivity contribution is 5.25. The summed E-state index contributed by atoms with van der Waals surface area (Å²) in [6, 6.07) is 7.55. The van der Waals surface area contributed by atoms with Crippen LogP contribution in [0.2, 0.25) is 0 Å². The number of rotatable bonds is 5. The number of hydrogen-bond acceptors (Lipinski definition) is 2. The molecule has 1 heterocycles. The Morgan fingerprint density at radius 2 is 2.00 bits per heavy atom. The lowest BCUT2D eigenvalue weighted by atomic mass is 10.1. The van der Waals surface area contributed by atoms with Crippen LogP contribution in [-0.2, 0) is 19.3 Å². The van der Waals surface area contributed by atoms with Gasteiger partial charge >= 0.3 is 6.18 Å². The fraction of sp³-hybridized carbons (Fsp3) is 0.400. The normalized spacial score (nSPS) is 12.1. The summed E-state index contributed by atoms with van der Waals surface area (Å²) in [6.07, 6.45) is -2.54. The summed E-state index contributed by atoms with van der Waals surface area (Å²) in [6.45, 7) is 5.05. The first kappa shape index (κ1) is 15.6. The smallest absolute Gasteiger partial charge is 0.309 e. The first-order chi connectivity index (χ1) is 9.84. The van der Waals surface area contributed by atoms with Crippen LogP contribution in [0.25, 0.3) is 0 Å². The third-order valence-corrected chi connectivity index (χ3v) is 2.99. The molecule has 0 atom stereocenters. The molecule has 0 unspecified atom stereocenters. The zero-order chi connectivity index (χ0) is 15.5. The van der Waals surface area contributed by atoms with E-state index < -0.39 is 11.7 Å². The SMILES string of the molecule is CC(C)NCc1ccn(Cc2cccc(C(F)(F)F)c2)n1. The summed E-state index contributed by atoms with van der Waals surface area (Å²) in [4.78, 5) is 0. The molecule has 0 bridgehead atoms. The molecule has 1 aromatic carbocycles. The monoisotopic (exact) mass is 297 g/mol. The van der Waals surface area contributed by atoms with Crippen LogP contribution >= 0.6 is 0 Å². The Kier molecular flexibility index (Phi) is 4.67. The second kappa shape index (κ2) is 6.30. The van der Waals surface area contributed by atoms with Crippen LogP contribution in [0, 0.1) is 0 Å². The fourth-order valence-electron chi connectivity index (χ4n) is 1.93. The summed E-state index contributed by atoms with van der Waals surface area (Å²) in [5.41, 5.74) is 0.820. The van der Waals surface area contributed by atoms with E-state index >= 15 is 0 Å². The predicted molar refractivity (Wildman–Crippen MR) is 74.7 cm³/mol. The van der Waals surface area contributed by atoms with Gasteiger partial charge in [-0.2, -0.15) is 18.3 Å². The van der Waals surface area contributed by atoms with Gasteiger partial charge in [0.25, 0.3) is 0 Å². The second-order valence-corrected chi connectivity index (χ2v) is 5.24. The molecule has 2 rings (SSSR count). The van der Waals surface area contributed by atoms with Gasteiger partial charge in [0.15, 0.2) is 0 Å². The van der Waals surface area contributed by atoms with Gasteiger partial charge in [0, 0.05) is 18.8 Å². The van der Waals surface area contributed by atoms with E-state index in [0.717, 1.165) is 17.8 Å². The average molecular weight is 297 g/mol. The Morgan fingerprint density at radius 3 is 2.67 bits per heavy atom. The largest absolute Gasteiger partial charge is 0.416 e. The molecule has 0 radical (unpaired) electrons. The zero-order valence-electron chi connectivity index (χ0n) is 12.0. The maximum absolute atomic E-state index is 12.7. The van der Waals surface area contributed by atoms with Gasteiger partial charge in [-0.25, -0.2) is 0 Å². The van der Waals surface area contributed by atoms with Crippen LogP contribution in [0.3, 0.4) is 0 Å². The Bertz CT molecular complexity index is 588. The van der Waals surface area contributed by atoms with E-state index in [4.69, 9.17) is 0 Å². The molecule has 1 N–H and O–H groups in total. The van der Waals surface area contributed by atoms with E-state index in [1.165, 1.54) is 6.07 Å². The maximum atomic E-state index is 12.7. The van der Waals surface area contributed by atoms with Crippen molar-refractivity contribution >= 4 is 0 Å². The number of aromatic nitrogens is 2. The van der Waals surface area contributed by atoms with Crippen LogP contribution in [0.5, 0.6) is 0 Å². The highest BCUT2D eigenvalue weighted by Crippen LogP contribution is 2.29. The third kappa shape index (κ3) is 4.60. The van der Waals surface area contributed by atoms with Gasteiger partial charge < -0.3 is 5.32 Å². The summed E-state index contributed by atoms with van der Waals surface area (Å²) < 4.78 is 39.6. The van der Waals surface area contributed by atoms with Crippen molar-refractivity contribution in [2.75, 3.05) is 0 Å². The highest BCUT2D eigenvalue weighted by Gasteiger charge is 2.30. The van der Waals surface area contributed by atoms with Crippen LogP contribution < -0.4 is 5.32 Å². The molecule has 0 amide bonds. The molecule has 3 nitrogen and oxygen atoms in total. The van der Waals surface area contributed by atoms with E-state index in [9.17, 15) is 13.2 Å². The van der Waals surface area contributed by atoms with Crippen LogP contribution in [0.1, 0.15) is 30.7 Å². The van der Waals surface area contributed by atoms with Crippen molar-refractivity contribution in [1.29, 1.82) is 0 Å². The van der Waals surface area contributed by atoms with Gasteiger partial charge in [-0.1, -0.05) is 26.0 Å². The van der Waals surface area contributed by atoms with Crippen molar-refractivity contribution in [3.05, 3.63) is 53.3 Å². The predicted octanol–water partition coefficient (Wildman–Crippen LogP) is 3.45. The van der Waals surface area contributed by atoms with Gasteiger partial charge in [0.05, 0.1) is 17.8 Å². The first-order valence-corrected chi connectivity index (χ1v) is 6.76. The third-order valence-electron chi connectivity index (χ3n) is 2.99. The minimum Gasteiger partial charge on any atom is -0.309 e. The number of nitrogens with one attached hydrogen (secondary N) is 1. The molecule has 21 heavy (non-hydrogen) atoms. The van der Waals surface area contributed by atoms with E-state index in [0.29, 0.717) is 24.7 Å². The lowest BCUT2D eigenvalue weighted by Crippen LogP contribution is -2.22. The Balaban J connectivity index is 2.05. The molecule has 6 heteroatoms. The molecule has 0 saturated heterocycles. The molecular formula is C15H18F3N3. The summed E-state index contributed by atoms with van der Waals surface area (Å²) >= 11 is 0. The van der Waals surface area contributed by atoms with Crippen molar-refractivity contribution in [1.82, 2.24) is 15.1 Å². The van der Waals surface area contributed by atoms with Crippen LogP contribution in [-0.4, -0.2) is 15.8 Å². The van der Waals surface area contributed by atoms with E-state index in [-0.39, 0.29) is 0 Å². The van der Waals surface area contributed by atoms with E-state index in [2.05, 4.69) is 10.4 Å². The first-order valence-electron chi connectivity index (χ1n) is 6.76. The number of benzene rings is 1. The number of nitrogens with zero attached hydrogens (tertiary/aromatic N) is 2. The number of hydrogen-bond donors (Lipinski definition) is 1. The Hall–Kier alpha value is -1.82. The van der Waals surface area contributed by atoms with Gasteiger partial charge in [-0.3, -0.25) is 4.68 Å². The molecule has 0 fully saturated rings. The van der Waals surface area contributed by atoms with Crippen LogP contribution in [0.4, 0.5) is 13.2 Å². The minimum absolute atomic E-state index is 0.325. The van der Waals surface area contributed by atoms with Gasteiger partial charge in [-0.15, -0.1) is 0 Å². The summed E-state index contributed by atoms with van der Waals surface area (Å²) in [5, 5.41) is 7.59. The molecule has 0 aliphatic rings. The van der Waals surface area contributed by atoms with Gasteiger partial charge in [-0.05, 0) is 23.8 Å². The average Bonchev–Trinajstić information content (AvgIpc) is 2.83. The number of halogens is 3. The molecule has 0 aliphatic carbocycles. The van der Waals surface area contributed by atoms with Crippen molar-refractivity contribution in [3.8, 4) is 0 Å². The number of alkyl halides is 3. The Morgan fingerprint density at radius 1 is 1.24 bits per heavy atom. The van der Waals surface area contributed by atoms with Gasteiger partial charge in [0.2, 0.25) is 0 Å². The molecule has 1 aromatic heterocycles. The minimum atomic E-state index is -4.31. The topological polar surface area (TPSA) is 29.9 Å². The van der Waals surface area contributed by atoms with Crippen molar-refractivity contribution in [2.45, 2.75) is 39.2 Å². The highest BCUT2D eigenvalue weighted by atomic mass is 19.4. The van der Waals surface area contributed by atoms with Gasteiger partial charge in [0.1, 0.15) is 0 Å². The molecule has 2 aromatic rings. The van der Waals surface area contributed by atoms with Crippen molar-refractivity contribution in [3.63, 3.8) is 0 Å². The van der Waals surface area contributed by atoms with E-state index in [1.807, 2.05) is 19.9 Å². The van der Waals surface area contributed by atoms with Crippen LogP contribution in [0.15, 0.2) is 36.5 Å². The maximum Gasteiger partial charge on any atom is 0.416 e. The summed E-state index contributed by atoms with van der Waals surface area (Å²) in [7, 11) is 0. The summed E-state index contributed by atoms with van der Waals surface area (Å²) in [5.74, 6) is 0. The second-order valence-electron chi connectivity index (χ2n) is 5.24. The molecule has 0 saturated carbocycles. The Labute approximate surface area is 121 Å². The quantitative estimate of drug-likeness (QED) is 0.916.